The summed E-state index contributed by atoms with van der Waals surface area (Å²) in [5.41, 5.74) is 11.1. The Morgan fingerprint density at radius 1 is 0.765 bits per heavy atom. The first-order chi connectivity index (χ1) is 4.24. The van der Waals surface area contributed by atoms with Crippen molar-refractivity contribution in [2.75, 3.05) is 0 Å². The Labute approximate surface area is 197 Å². The van der Waals surface area contributed by atoms with Gasteiger partial charge in [-0.05, 0) is 0 Å². The first kappa shape index (κ1) is 84.9. The molecule has 0 unspecified atom stereocenters. The maximum absolute atomic E-state index is 8.47. The van der Waals surface area contributed by atoms with Gasteiger partial charge in [0.15, 0.2) is 0 Å². The number of hydrogen-bond donors (Lipinski definition) is 0. The van der Waals surface area contributed by atoms with E-state index in [1.165, 1.54) is 0 Å². The Morgan fingerprint density at radius 3 is 0.765 bits per heavy atom. The van der Waals surface area contributed by atoms with Gasteiger partial charge in [-0.25, -0.2) is 0 Å². The van der Waals surface area contributed by atoms with Gasteiger partial charge in [0, 0.05) is 99.7 Å². The van der Waals surface area contributed by atoms with Crippen LogP contribution in [0.25, 0.3) is 11.5 Å². The van der Waals surface area contributed by atoms with Crippen LogP contribution in [0.3, 0.4) is 0 Å². The average molecular weight is 491 g/mol. The molecular weight excluding hydrogens is 478 g/mol. The first-order valence-electron chi connectivity index (χ1n) is 1.43. The normalized spacial score (nSPS) is 2.24. The molecule has 0 saturated heterocycles. The third kappa shape index (κ3) is 434. The third-order valence-electron chi connectivity index (χ3n) is 0. The Kier molecular flexibility index (Phi) is 755. The van der Waals surface area contributed by atoms with Crippen LogP contribution in [-0.2, 0) is 135 Å². The number of carbonyl (C=O) groups is 2. The number of halogens is 2. The van der Waals surface area contributed by atoms with E-state index in [0.717, 1.165) is 0 Å². The summed E-state index contributed by atoms with van der Waals surface area (Å²) in [6, 6.07) is 0. The molecule has 0 aliphatic heterocycles. The maximum atomic E-state index is 8.47. The topological polar surface area (TPSA) is 81.7 Å². The third-order valence-corrected chi connectivity index (χ3v) is 0. The Bertz CT molecular complexity index is 65.7. The predicted molar refractivity (Wildman–Crippen MR) is 51.7 cm³/mol. The van der Waals surface area contributed by atoms with Crippen molar-refractivity contribution in [2.24, 2.45) is 0 Å². The summed E-state index contributed by atoms with van der Waals surface area (Å²) in [5, 5.41) is 0. The number of amides is 2. The Balaban J connectivity index is -0.00000000286. The van der Waals surface area contributed by atoms with E-state index in [4.69, 9.17) is 39.7 Å². The van der Waals surface area contributed by atoms with Gasteiger partial charge in [-0.3, -0.25) is 0 Å². The van der Waals surface area contributed by atoms with Crippen molar-refractivity contribution in [2.45, 2.75) is 0 Å². The minimum Gasteiger partial charge on any atom is -0.671 e. The van der Waals surface area contributed by atoms with E-state index in [-0.39, 0.29) is 144 Å². The molecule has 0 atom stereocenters. The molecule has 96 valence electrons. The van der Waals surface area contributed by atoms with Crippen LogP contribution in [0.2, 0.25) is 0 Å². The minimum absolute atomic E-state index is 0. The molecule has 0 aromatic rings. The van der Waals surface area contributed by atoms with Crippen molar-refractivity contribution in [3.8, 4) is 0 Å². The fourth-order valence-electron chi connectivity index (χ4n) is 0. The van der Waals surface area contributed by atoms with Crippen LogP contribution in [0, 0.1) is 22.3 Å². The summed E-state index contributed by atoms with van der Waals surface area (Å²) in [7, 11) is 9.78. The molecule has 0 aromatic heterocycles. The SMILES string of the molecule is [CH3-].[CH3-].[CH3-].[Cl][Ti][Cl].[NH-]C=O.[NH-]C=O.[Ti+2].[Ti].[Ti].[Ti].[Ti]. The molecule has 0 bridgehead atoms. The zero-order valence-electron chi connectivity index (χ0n) is 9.73. The summed E-state index contributed by atoms with van der Waals surface area (Å²) >= 11 is -0.556. The molecule has 0 heterocycles. The van der Waals surface area contributed by atoms with E-state index in [9.17, 15) is 0 Å². The van der Waals surface area contributed by atoms with Crippen LogP contribution in [0.15, 0.2) is 0 Å². The quantitative estimate of drug-likeness (QED) is 0.297. The van der Waals surface area contributed by atoms with Crippen molar-refractivity contribution < 1.29 is 135 Å². The van der Waals surface area contributed by atoms with Crippen molar-refractivity contribution in [1.82, 2.24) is 0 Å². The monoisotopic (exact) mass is 491 g/mol. The fraction of sp³-hybridized carbons (Fsp3) is 0. The molecule has 0 radical (unpaired) electrons. The van der Waals surface area contributed by atoms with Crippen molar-refractivity contribution in [3.63, 3.8) is 0 Å². The van der Waals surface area contributed by atoms with Gasteiger partial charge in [-0.1, -0.05) is 0 Å². The van der Waals surface area contributed by atoms with Gasteiger partial charge in [0.05, 0.1) is 0 Å². The van der Waals surface area contributed by atoms with Gasteiger partial charge in [0.25, 0.3) is 0 Å². The van der Waals surface area contributed by atoms with E-state index in [0.29, 0.717) is 0 Å². The molecule has 2 N–H and O–H groups in total. The standard InChI is InChI=1S/2CH3NO.3CH3.2ClH.6Ti/c2*2-1-3;;;;;;;;;;;/h2*1H,(H2,2,3);3*1H3;2*1H;;;;;;/q;;3*-1;;;;;;;2*+2/p-4. The van der Waals surface area contributed by atoms with Gasteiger partial charge in [0.1, 0.15) is 0 Å². The zero-order valence-corrected chi connectivity index (χ0v) is 20.6. The van der Waals surface area contributed by atoms with Crippen LogP contribution in [0.4, 0.5) is 0 Å². The predicted octanol–water partition coefficient (Wildman–Crippen LogP) is 3.10. The molecule has 0 aromatic carbocycles. The largest absolute Gasteiger partial charge is 2.00 e. The molecule has 0 fully saturated rings. The second-order valence-electron chi connectivity index (χ2n) is 0.307. The second-order valence-corrected chi connectivity index (χ2v) is 2.89. The fourth-order valence-corrected chi connectivity index (χ4v) is 0. The van der Waals surface area contributed by atoms with E-state index in [1.807, 2.05) is 0 Å². The van der Waals surface area contributed by atoms with Crippen LogP contribution < -0.4 is 0 Å². The van der Waals surface area contributed by atoms with Crippen molar-refractivity contribution in [1.29, 1.82) is 0 Å². The average Bonchev–Trinajstić information content (AvgIpc) is 1.70. The number of carbonyl (C=O) groups excluding carboxylic acids is 2. The van der Waals surface area contributed by atoms with Gasteiger partial charge >= 0.3 is 57.4 Å². The number of rotatable bonds is 0. The molecule has 0 saturated carbocycles. The van der Waals surface area contributed by atoms with Crippen LogP contribution in [0.5, 0.6) is 0 Å². The van der Waals surface area contributed by atoms with Gasteiger partial charge in [-0.2, -0.15) is 0 Å². The molecular formula is C5H13Cl2N2O2Ti6-3. The molecule has 2 amide bonds. The van der Waals surface area contributed by atoms with Crippen molar-refractivity contribution in [3.05, 3.63) is 33.7 Å². The van der Waals surface area contributed by atoms with E-state index in [1.54, 1.807) is 0 Å². The van der Waals surface area contributed by atoms with Crippen LogP contribution >= 0.6 is 18.6 Å². The summed E-state index contributed by atoms with van der Waals surface area (Å²) in [4.78, 5) is 16.9. The van der Waals surface area contributed by atoms with Crippen molar-refractivity contribution >= 4 is 31.4 Å². The second kappa shape index (κ2) is 151. The van der Waals surface area contributed by atoms with Gasteiger partial charge in [-0.15, -0.1) is 0 Å². The molecule has 17 heavy (non-hydrogen) atoms. The number of nitrogens with one attached hydrogen (secondary N) is 2. The molecule has 4 nitrogen and oxygen atoms in total. The summed E-state index contributed by atoms with van der Waals surface area (Å²) in [6.45, 7) is 0. The molecule has 12 heteroatoms. The molecule has 0 aliphatic rings. The summed E-state index contributed by atoms with van der Waals surface area (Å²) in [6.07, 6.45) is 0. The summed E-state index contributed by atoms with van der Waals surface area (Å²) in [5.74, 6) is 0. The maximum Gasteiger partial charge on any atom is 2.00 e. The van der Waals surface area contributed by atoms with Gasteiger partial charge < -0.3 is 43.3 Å². The smallest absolute Gasteiger partial charge is 0.671 e. The summed E-state index contributed by atoms with van der Waals surface area (Å²) < 4.78 is 0. The van der Waals surface area contributed by atoms with Gasteiger partial charge in [0.2, 0.25) is 0 Å². The van der Waals surface area contributed by atoms with E-state index < -0.39 is 17.0 Å². The van der Waals surface area contributed by atoms with Crippen LogP contribution in [-0.4, -0.2) is 12.8 Å². The molecule has 0 rings (SSSR count). The molecule has 0 aliphatic carbocycles. The zero-order chi connectivity index (χ0) is 8.12. The Morgan fingerprint density at radius 2 is 0.765 bits per heavy atom. The Hall–Kier alpha value is 3.81. The van der Waals surface area contributed by atoms with Crippen LogP contribution in [0.1, 0.15) is 0 Å². The van der Waals surface area contributed by atoms with E-state index in [2.05, 4.69) is 0 Å². The molecule has 0 spiro atoms. The number of hydrogen-bond acceptors (Lipinski definition) is 2. The first-order valence-corrected chi connectivity index (χ1v) is 5.72. The van der Waals surface area contributed by atoms with E-state index >= 15 is 0 Å². The minimum atomic E-state index is -0.556.